The summed E-state index contributed by atoms with van der Waals surface area (Å²) >= 11 is 1.19. The number of nitrogens with one attached hydrogen (secondary N) is 1. The number of ether oxygens (including phenoxy) is 2. The first-order chi connectivity index (χ1) is 15.6. The second-order valence-electron chi connectivity index (χ2n) is 7.33. The maximum Gasteiger partial charge on any atom is 0.407 e. The third kappa shape index (κ3) is 8.47. The lowest BCUT2D eigenvalue weighted by Gasteiger charge is -2.18. The number of amides is 1. The summed E-state index contributed by atoms with van der Waals surface area (Å²) in [5, 5.41) is 2.90. The van der Waals surface area contributed by atoms with Crippen molar-refractivity contribution in [2.45, 2.75) is 32.6 Å². The molecule has 0 aliphatic rings. The summed E-state index contributed by atoms with van der Waals surface area (Å²) in [5.41, 5.74) is 3.06. The molecule has 1 atom stereocenters. The highest BCUT2D eigenvalue weighted by atomic mass is 32.2. The fraction of sp³-hybridized carbons (Fsp3) is 0.231. The van der Waals surface area contributed by atoms with E-state index in [4.69, 9.17) is 9.47 Å². The molecule has 1 N–H and O–H groups in total. The molecule has 0 radical (unpaired) electrons. The predicted molar refractivity (Wildman–Crippen MR) is 128 cm³/mol. The van der Waals surface area contributed by atoms with Gasteiger partial charge in [0.2, 0.25) is 0 Å². The van der Waals surface area contributed by atoms with E-state index in [0.29, 0.717) is 18.8 Å². The van der Waals surface area contributed by atoms with Crippen molar-refractivity contribution in [1.82, 2.24) is 5.32 Å². The minimum absolute atomic E-state index is 0.0131. The fourth-order valence-electron chi connectivity index (χ4n) is 3.05. The topological polar surface area (TPSA) is 64.6 Å². The van der Waals surface area contributed by atoms with Crippen LogP contribution in [0, 0.1) is 0 Å². The van der Waals surface area contributed by atoms with Gasteiger partial charge >= 0.3 is 6.09 Å². The molecule has 32 heavy (non-hydrogen) atoms. The van der Waals surface area contributed by atoms with Crippen molar-refractivity contribution >= 4 is 23.0 Å². The van der Waals surface area contributed by atoms with Crippen molar-refractivity contribution in [2.75, 3.05) is 5.75 Å². The van der Waals surface area contributed by atoms with Gasteiger partial charge in [0.25, 0.3) is 0 Å². The van der Waals surface area contributed by atoms with Gasteiger partial charge in [-0.2, -0.15) is 0 Å². The number of benzene rings is 3. The molecule has 0 saturated heterocycles. The van der Waals surface area contributed by atoms with Crippen molar-refractivity contribution in [1.29, 1.82) is 0 Å². The molecule has 3 aromatic rings. The van der Waals surface area contributed by atoms with Crippen LogP contribution in [0.15, 0.2) is 84.9 Å². The average molecular weight is 450 g/mol. The van der Waals surface area contributed by atoms with Crippen LogP contribution >= 0.6 is 11.8 Å². The Morgan fingerprint density at radius 3 is 2.00 bits per heavy atom. The minimum Gasteiger partial charge on any atom is -0.489 e. The van der Waals surface area contributed by atoms with Crippen molar-refractivity contribution in [3.05, 3.63) is 102 Å². The highest BCUT2D eigenvalue weighted by Gasteiger charge is 2.16. The van der Waals surface area contributed by atoms with Gasteiger partial charge < -0.3 is 14.8 Å². The number of carbonyl (C=O) groups excluding carboxylic acids is 2. The van der Waals surface area contributed by atoms with E-state index in [1.165, 1.54) is 18.7 Å². The van der Waals surface area contributed by atoms with Gasteiger partial charge in [0.15, 0.2) is 5.12 Å². The quantitative estimate of drug-likeness (QED) is 0.450. The molecule has 0 spiro atoms. The van der Waals surface area contributed by atoms with Crippen LogP contribution in [-0.4, -0.2) is 23.0 Å². The van der Waals surface area contributed by atoms with E-state index >= 15 is 0 Å². The summed E-state index contributed by atoms with van der Waals surface area (Å²) in [7, 11) is 0. The van der Waals surface area contributed by atoms with Crippen LogP contribution in [0.1, 0.15) is 23.6 Å². The van der Waals surface area contributed by atoms with Crippen LogP contribution < -0.4 is 10.1 Å². The standard InChI is InChI=1S/C26H27NO4S/c1-20(28)32-19-24(27-26(29)31-18-23-10-6-3-7-11-23)16-21-12-14-25(15-13-21)30-17-22-8-4-2-5-9-22/h2-15,24H,16-19H2,1H3,(H,27,29)/t24-/m0/s1. The van der Waals surface area contributed by atoms with Crippen molar-refractivity contribution in [2.24, 2.45) is 0 Å². The summed E-state index contributed by atoms with van der Waals surface area (Å²) < 4.78 is 11.2. The number of thioether (sulfide) groups is 1. The Hall–Kier alpha value is -3.25. The van der Waals surface area contributed by atoms with Gasteiger partial charge in [-0.1, -0.05) is 84.6 Å². The molecular weight excluding hydrogens is 422 g/mol. The largest absolute Gasteiger partial charge is 0.489 e. The minimum atomic E-state index is -0.495. The van der Waals surface area contributed by atoms with Crippen LogP contribution in [0.3, 0.4) is 0 Å². The Balaban J connectivity index is 1.53. The second-order valence-corrected chi connectivity index (χ2v) is 8.52. The molecule has 0 aliphatic heterocycles. The summed E-state index contributed by atoms with van der Waals surface area (Å²) in [6.45, 7) is 2.23. The number of hydrogen-bond acceptors (Lipinski definition) is 5. The lowest BCUT2D eigenvalue weighted by atomic mass is 10.1. The summed E-state index contributed by atoms with van der Waals surface area (Å²) in [4.78, 5) is 23.7. The van der Waals surface area contributed by atoms with Gasteiger partial charge in [0, 0.05) is 18.7 Å². The van der Waals surface area contributed by atoms with E-state index in [1.54, 1.807) is 0 Å². The first kappa shape index (κ1) is 23.4. The third-order valence-corrected chi connectivity index (χ3v) is 5.65. The molecule has 0 aliphatic carbocycles. The normalized spacial score (nSPS) is 11.4. The number of hydrogen-bond donors (Lipinski definition) is 1. The smallest absolute Gasteiger partial charge is 0.407 e. The zero-order chi connectivity index (χ0) is 22.6. The fourth-order valence-corrected chi connectivity index (χ4v) is 3.69. The summed E-state index contributed by atoms with van der Waals surface area (Å²) in [6.07, 6.45) is 0.0884. The predicted octanol–water partition coefficient (Wildman–Crippen LogP) is 5.38. The molecule has 0 bridgehead atoms. The molecular formula is C26H27NO4S. The van der Waals surface area contributed by atoms with Crippen LogP contribution in [0.2, 0.25) is 0 Å². The number of rotatable bonds is 10. The second kappa shape index (κ2) is 12.6. The molecule has 6 heteroatoms. The Kier molecular flexibility index (Phi) is 9.20. The summed E-state index contributed by atoms with van der Waals surface area (Å²) in [5.74, 6) is 1.25. The Labute approximate surface area is 193 Å². The molecule has 3 aromatic carbocycles. The number of carbonyl (C=O) groups is 2. The summed E-state index contributed by atoms with van der Waals surface area (Å²) in [6, 6.07) is 27.1. The molecule has 1 amide bonds. The Bertz CT molecular complexity index is 978. The van der Waals surface area contributed by atoms with Gasteiger partial charge in [-0.05, 0) is 35.2 Å². The molecule has 0 fully saturated rings. The van der Waals surface area contributed by atoms with Crippen LogP contribution in [-0.2, 0) is 29.2 Å². The molecule has 5 nitrogen and oxygen atoms in total. The molecule has 0 aromatic heterocycles. The molecule has 0 saturated carbocycles. The maximum atomic E-state index is 12.3. The lowest BCUT2D eigenvalue weighted by molar-refractivity contribution is -0.109. The third-order valence-electron chi connectivity index (χ3n) is 4.68. The SMILES string of the molecule is CC(=O)SC[C@H](Cc1ccc(OCc2ccccc2)cc1)NC(=O)OCc1ccccc1. The molecule has 0 unspecified atom stereocenters. The Morgan fingerprint density at radius 2 is 1.41 bits per heavy atom. The van der Waals surface area contributed by atoms with Crippen LogP contribution in [0.5, 0.6) is 5.75 Å². The van der Waals surface area contributed by atoms with E-state index in [-0.39, 0.29) is 17.8 Å². The van der Waals surface area contributed by atoms with Crippen LogP contribution in [0.4, 0.5) is 4.79 Å². The van der Waals surface area contributed by atoms with Gasteiger partial charge in [0.1, 0.15) is 19.0 Å². The van der Waals surface area contributed by atoms with Crippen molar-refractivity contribution in [3.63, 3.8) is 0 Å². The zero-order valence-electron chi connectivity index (χ0n) is 18.0. The highest BCUT2D eigenvalue weighted by Crippen LogP contribution is 2.17. The van der Waals surface area contributed by atoms with Gasteiger partial charge in [-0.15, -0.1) is 0 Å². The maximum absolute atomic E-state index is 12.3. The first-order valence-corrected chi connectivity index (χ1v) is 11.4. The first-order valence-electron chi connectivity index (χ1n) is 10.4. The highest BCUT2D eigenvalue weighted by molar-refractivity contribution is 8.13. The molecule has 3 rings (SSSR count). The van der Waals surface area contributed by atoms with Crippen LogP contribution in [0.25, 0.3) is 0 Å². The average Bonchev–Trinajstić information content (AvgIpc) is 2.82. The van der Waals surface area contributed by atoms with Gasteiger partial charge in [0.05, 0.1) is 0 Å². The van der Waals surface area contributed by atoms with E-state index in [9.17, 15) is 9.59 Å². The molecule has 166 valence electrons. The van der Waals surface area contributed by atoms with Crippen molar-refractivity contribution < 1.29 is 19.1 Å². The number of alkyl carbamates (subject to hydrolysis) is 1. The van der Waals surface area contributed by atoms with E-state index in [0.717, 1.165) is 22.4 Å². The van der Waals surface area contributed by atoms with E-state index < -0.39 is 6.09 Å². The van der Waals surface area contributed by atoms with Gasteiger partial charge in [-0.3, -0.25) is 4.79 Å². The van der Waals surface area contributed by atoms with E-state index in [1.807, 2.05) is 84.9 Å². The lowest BCUT2D eigenvalue weighted by Crippen LogP contribution is -2.38. The molecule has 0 heterocycles. The zero-order valence-corrected chi connectivity index (χ0v) is 18.8. The van der Waals surface area contributed by atoms with Crippen molar-refractivity contribution in [3.8, 4) is 5.75 Å². The van der Waals surface area contributed by atoms with Gasteiger partial charge in [-0.25, -0.2) is 4.79 Å². The Morgan fingerprint density at radius 1 is 0.812 bits per heavy atom. The monoisotopic (exact) mass is 449 g/mol. The van der Waals surface area contributed by atoms with E-state index in [2.05, 4.69) is 5.32 Å².